The SMILES string of the molecule is CC(=O)N1CCC(NC2CC3CCC2O3)CC1. The molecule has 4 heteroatoms. The highest BCUT2D eigenvalue weighted by Gasteiger charge is 2.41. The molecule has 1 amide bonds. The molecule has 3 aliphatic rings. The van der Waals surface area contributed by atoms with Gasteiger partial charge in [-0.25, -0.2) is 0 Å². The van der Waals surface area contributed by atoms with Crippen molar-refractivity contribution in [3.63, 3.8) is 0 Å². The molecule has 0 aromatic rings. The maximum Gasteiger partial charge on any atom is 0.219 e. The first-order chi connectivity index (χ1) is 8.22. The molecule has 4 nitrogen and oxygen atoms in total. The molecule has 0 aromatic carbocycles. The van der Waals surface area contributed by atoms with Crippen LogP contribution in [0.25, 0.3) is 0 Å². The number of carbonyl (C=O) groups excluding carboxylic acids is 1. The summed E-state index contributed by atoms with van der Waals surface area (Å²) in [5.41, 5.74) is 0. The van der Waals surface area contributed by atoms with Crippen LogP contribution in [0.2, 0.25) is 0 Å². The van der Waals surface area contributed by atoms with E-state index in [0.29, 0.717) is 24.3 Å². The van der Waals surface area contributed by atoms with E-state index in [2.05, 4.69) is 5.32 Å². The maximum absolute atomic E-state index is 11.2. The van der Waals surface area contributed by atoms with Gasteiger partial charge in [0.05, 0.1) is 12.2 Å². The predicted molar refractivity (Wildman–Crippen MR) is 64.7 cm³/mol. The van der Waals surface area contributed by atoms with Crippen molar-refractivity contribution in [1.82, 2.24) is 10.2 Å². The number of likely N-dealkylation sites (tertiary alicyclic amines) is 1. The van der Waals surface area contributed by atoms with Gasteiger partial charge in [-0.15, -0.1) is 0 Å². The predicted octanol–water partition coefficient (Wildman–Crippen LogP) is 0.907. The van der Waals surface area contributed by atoms with E-state index in [1.165, 1.54) is 19.3 Å². The quantitative estimate of drug-likeness (QED) is 0.777. The van der Waals surface area contributed by atoms with Gasteiger partial charge >= 0.3 is 0 Å². The highest BCUT2D eigenvalue weighted by molar-refractivity contribution is 5.73. The van der Waals surface area contributed by atoms with Gasteiger partial charge in [-0.1, -0.05) is 0 Å². The molecular weight excluding hydrogens is 216 g/mol. The van der Waals surface area contributed by atoms with Crippen LogP contribution in [0.3, 0.4) is 0 Å². The van der Waals surface area contributed by atoms with E-state index in [1.807, 2.05) is 4.90 Å². The van der Waals surface area contributed by atoms with Gasteiger partial charge in [-0.05, 0) is 32.1 Å². The number of rotatable bonds is 2. The Morgan fingerprint density at radius 2 is 2.00 bits per heavy atom. The van der Waals surface area contributed by atoms with E-state index in [9.17, 15) is 4.79 Å². The number of amides is 1. The fraction of sp³-hybridized carbons (Fsp3) is 0.923. The summed E-state index contributed by atoms with van der Waals surface area (Å²) in [4.78, 5) is 13.2. The lowest BCUT2D eigenvalue weighted by molar-refractivity contribution is -0.129. The van der Waals surface area contributed by atoms with Gasteiger partial charge in [0.1, 0.15) is 0 Å². The zero-order valence-electron chi connectivity index (χ0n) is 10.5. The number of ether oxygens (including phenoxy) is 1. The molecule has 3 heterocycles. The summed E-state index contributed by atoms with van der Waals surface area (Å²) in [6.07, 6.45) is 6.85. The van der Waals surface area contributed by atoms with Crippen molar-refractivity contribution < 1.29 is 9.53 Å². The van der Waals surface area contributed by atoms with Crippen LogP contribution in [0.4, 0.5) is 0 Å². The highest BCUT2D eigenvalue weighted by Crippen LogP contribution is 2.34. The number of nitrogens with zero attached hydrogens (tertiary/aromatic N) is 1. The number of fused-ring (bicyclic) bond motifs is 2. The van der Waals surface area contributed by atoms with Crippen molar-refractivity contribution in [1.29, 1.82) is 0 Å². The lowest BCUT2D eigenvalue weighted by atomic mass is 9.93. The number of hydrogen-bond donors (Lipinski definition) is 1. The molecular formula is C13H22N2O2. The summed E-state index contributed by atoms with van der Waals surface area (Å²) in [6.45, 7) is 3.49. The van der Waals surface area contributed by atoms with Crippen molar-refractivity contribution in [2.24, 2.45) is 0 Å². The second-order valence-electron chi connectivity index (χ2n) is 5.66. The summed E-state index contributed by atoms with van der Waals surface area (Å²) >= 11 is 0. The lowest BCUT2D eigenvalue weighted by Crippen LogP contribution is -2.49. The van der Waals surface area contributed by atoms with Crippen LogP contribution in [0.1, 0.15) is 39.0 Å². The van der Waals surface area contributed by atoms with Crippen LogP contribution in [0.5, 0.6) is 0 Å². The van der Waals surface area contributed by atoms with Gasteiger partial charge in [0.2, 0.25) is 5.91 Å². The van der Waals surface area contributed by atoms with E-state index >= 15 is 0 Å². The lowest BCUT2D eigenvalue weighted by Gasteiger charge is -2.34. The van der Waals surface area contributed by atoms with Gasteiger partial charge in [0, 0.05) is 32.1 Å². The zero-order valence-corrected chi connectivity index (χ0v) is 10.5. The summed E-state index contributed by atoms with van der Waals surface area (Å²) in [7, 11) is 0. The highest BCUT2D eigenvalue weighted by atomic mass is 16.5. The van der Waals surface area contributed by atoms with Crippen LogP contribution in [0, 0.1) is 0 Å². The Labute approximate surface area is 103 Å². The molecule has 0 aromatic heterocycles. The summed E-state index contributed by atoms with van der Waals surface area (Å²) in [5.74, 6) is 0.215. The van der Waals surface area contributed by atoms with Crippen molar-refractivity contribution in [2.75, 3.05) is 13.1 Å². The number of carbonyl (C=O) groups is 1. The molecule has 0 spiro atoms. The number of hydrogen-bond acceptors (Lipinski definition) is 3. The van der Waals surface area contributed by atoms with E-state index in [1.54, 1.807) is 6.92 Å². The molecule has 0 radical (unpaired) electrons. The topological polar surface area (TPSA) is 41.6 Å². The Kier molecular flexibility index (Phi) is 3.09. The van der Waals surface area contributed by atoms with E-state index in [-0.39, 0.29) is 5.91 Å². The number of nitrogens with one attached hydrogen (secondary N) is 1. The number of piperidine rings is 1. The largest absolute Gasteiger partial charge is 0.373 e. The molecule has 0 aliphatic carbocycles. The fourth-order valence-corrected chi connectivity index (χ4v) is 3.48. The van der Waals surface area contributed by atoms with Crippen molar-refractivity contribution in [3.8, 4) is 0 Å². The minimum atomic E-state index is 0.215. The molecule has 3 fully saturated rings. The zero-order chi connectivity index (χ0) is 11.8. The van der Waals surface area contributed by atoms with Crippen LogP contribution in [-0.2, 0) is 9.53 Å². The normalized spacial score (nSPS) is 37.7. The van der Waals surface area contributed by atoms with Crippen LogP contribution in [0.15, 0.2) is 0 Å². The summed E-state index contributed by atoms with van der Waals surface area (Å²) in [5, 5.41) is 3.75. The second kappa shape index (κ2) is 4.58. The monoisotopic (exact) mass is 238 g/mol. The Morgan fingerprint density at radius 1 is 1.24 bits per heavy atom. The van der Waals surface area contributed by atoms with Crippen LogP contribution < -0.4 is 5.32 Å². The Balaban J connectivity index is 1.46. The first-order valence-corrected chi connectivity index (χ1v) is 6.89. The van der Waals surface area contributed by atoms with Gasteiger partial charge < -0.3 is 15.0 Å². The second-order valence-corrected chi connectivity index (χ2v) is 5.66. The third-order valence-corrected chi connectivity index (χ3v) is 4.50. The van der Waals surface area contributed by atoms with E-state index in [0.717, 1.165) is 25.9 Å². The van der Waals surface area contributed by atoms with Crippen molar-refractivity contribution >= 4 is 5.91 Å². The van der Waals surface area contributed by atoms with Gasteiger partial charge in [0.15, 0.2) is 0 Å². The fourth-order valence-electron chi connectivity index (χ4n) is 3.48. The Hall–Kier alpha value is -0.610. The molecule has 3 unspecified atom stereocenters. The average Bonchev–Trinajstić information content (AvgIpc) is 2.91. The first-order valence-electron chi connectivity index (χ1n) is 6.89. The van der Waals surface area contributed by atoms with Gasteiger partial charge in [-0.2, -0.15) is 0 Å². The third-order valence-electron chi connectivity index (χ3n) is 4.50. The third kappa shape index (κ3) is 2.33. The molecule has 1 N–H and O–H groups in total. The first kappa shape index (κ1) is 11.5. The van der Waals surface area contributed by atoms with Crippen LogP contribution in [-0.4, -0.2) is 48.2 Å². The smallest absolute Gasteiger partial charge is 0.219 e. The summed E-state index contributed by atoms with van der Waals surface area (Å²) < 4.78 is 5.86. The Bertz CT molecular complexity index is 300. The molecule has 0 saturated carbocycles. The molecule has 3 aliphatic heterocycles. The molecule has 96 valence electrons. The minimum absolute atomic E-state index is 0.215. The summed E-state index contributed by atoms with van der Waals surface area (Å²) in [6, 6.07) is 1.15. The molecule has 2 bridgehead atoms. The van der Waals surface area contributed by atoms with Gasteiger partial charge in [0.25, 0.3) is 0 Å². The van der Waals surface area contributed by atoms with E-state index in [4.69, 9.17) is 4.74 Å². The van der Waals surface area contributed by atoms with Gasteiger partial charge in [-0.3, -0.25) is 4.79 Å². The molecule has 3 saturated heterocycles. The van der Waals surface area contributed by atoms with Crippen molar-refractivity contribution in [2.45, 2.75) is 63.3 Å². The molecule has 3 rings (SSSR count). The molecule has 3 atom stereocenters. The van der Waals surface area contributed by atoms with Crippen LogP contribution >= 0.6 is 0 Å². The standard InChI is InChI=1S/C13H22N2O2/c1-9(16)15-6-4-10(5-7-15)14-12-8-11-2-3-13(12)17-11/h10-14H,2-8H2,1H3. The maximum atomic E-state index is 11.2. The minimum Gasteiger partial charge on any atom is -0.373 e. The average molecular weight is 238 g/mol. The van der Waals surface area contributed by atoms with E-state index < -0.39 is 0 Å². The molecule has 17 heavy (non-hydrogen) atoms. The Morgan fingerprint density at radius 3 is 2.53 bits per heavy atom. The van der Waals surface area contributed by atoms with Crippen molar-refractivity contribution in [3.05, 3.63) is 0 Å².